The molecule has 0 aliphatic heterocycles. The van der Waals surface area contributed by atoms with Crippen LogP contribution in [0.15, 0.2) is 36.5 Å². The van der Waals surface area contributed by atoms with Crippen LogP contribution in [-0.4, -0.2) is 16.1 Å². The van der Waals surface area contributed by atoms with Gasteiger partial charge in [-0.15, -0.1) is 0 Å². The third-order valence-electron chi connectivity index (χ3n) is 2.68. The van der Waals surface area contributed by atoms with Gasteiger partial charge in [-0.1, -0.05) is 12.1 Å². The molecule has 0 saturated heterocycles. The average molecular weight is 245 g/mol. The van der Waals surface area contributed by atoms with Gasteiger partial charge in [-0.05, 0) is 36.2 Å². The van der Waals surface area contributed by atoms with Gasteiger partial charge in [0.1, 0.15) is 5.82 Å². The molecule has 2 rings (SSSR count). The number of hydrogen-bond donors (Lipinski definition) is 1. The second-order valence-corrected chi connectivity index (χ2v) is 4.06. The lowest BCUT2D eigenvalue weighted by molar-refractivity contribution is -0.136. The molecule has 1 aromatic heterocycles. The summed E-state index contributed by atoms with van der Waals surface area (Å²) in [6.45, 7) is 1.82. The van der Waals surface area contributed by atoms with Crippen molar-refractivity contribution in [3.8, 4) is 11.1 Å². The first-order valence-electron chi connectivity index (χ1n) is 5.49. The molecule has 0 spiro atoms. The number of pyridine rings is 1. The molecule has 0 radical (unpaired) electrons. The first kappa shape index (κ1) is 12.2. The summed E-state index contributed by atoms with van der Waals surface area (Å²) < 4.78 is 12.8. The zero-order valence-corrected chi connectivity index (χ0v) is 9.85. The van der Waals surface area contributed by atoms with Gasteiger partial charge in [0.25, 0.3) is 0 Å². The normalized spacial score (nSPS) is 10.3. The van der Waals surface area contributed by atoms with Crippen LogP contribution < -0.4 is 0 Å². The molecule has 2 aromatic rings. The number of carboxylic acid groups (broad SMARTS) is 1. The summed E-state index contributed by atoms with van der Waals surface area (Å²) in [6, 6.07) is 7.97. The number of aryl methyl sites for hydroxylation is 1. The maximum Gasteiger partial charge on any atom is 0.309 e. The predicted octanol–water partition coefficient (Wildman–Crippen LogP) is 2.82. The van der Waals surface area contributed by atoms with E-state index in [1.807, 2.05) is 13.0 Å². The molecular weight excluding hydrogens is 233 g/mol. The fourth-order valence-electron chi connectivity index (χ4n) is 1.73. The molecule has 0 saturated carbocycles. The Kier molecular flexibility index (Phi) is 3.37. The molecule has 1 aromatic carbocycles. The SMILES string of the molecule is Cc1cc(-c2ccc(F)cc2)cnc1CC(=O)O. The molecule has 0 unspecified atom stereocenters. The Bertz CT molecular complexity index is 579. The maximum atomic E-state index is 12.8. The molecule has 1 N–H and O–H groups in total. The number of nitrogens with zero attached hydrogens (tertiary/aromatic N) is 1. The number of halogens is 1. The zero-order valence-electron chi connectivity index (χ0n) is 9.85. The fraction of sp³-hybridized carbons (Fsp3) is 0.143. The number of benzene rings is 1. The highest BCUT2D eigenvalue weighted by Gasteiger charge is 2.07. The van der Waals surface area contributed by atoms with Crippen LogP contribution in [0.3, 0.4) is 0 Å². The van der Waals surface area contributed by atoms with Crippen molar-refractivity contribution in [2.75, 3.05) is 0 Å². The minimum atomic E-state index is -0.903. The molecule has 0 atom stereocenters. The highest BCUT2D eigenvalue weighted by molar-refractivity contribution is 5.71. The van der Waals surface area contributed by atoms with E-state index in [2.05, 4.69) is 4.98 Å². The summed E-state index contributed by atoms with van der Waals surface area (Å²) in [5.41, 5.74) is 3.07. The Hall–Kier alpha value is -2.23. The quantitative estimate of drug-likeness (QED) is 0.904. The molecule has 0 amide bonds. The van der Waals surface area contributed by atoms with Gasteiger partial charge in [0.15, 0.2) is 0 Å². The summed E-state index contributed by atoms with van der Waals surface area (Å²) in [4.78, 5) is 14.8. The molecule has 4 heteroatoms. The van der Waals surface area contributed by atoms with Crippen LogP contribution in [0.2, 0.25) is 0 Å². The molecule has 0 bridgehead atoms. The van der Waals surface area contributed by atoms with E-state index < -0.39 is 5.97 Å². The van der Waals surface area contributed by atoms with Gasteiger partial charge in [-0.25, -0.2) is 4.39 Å². The number of aliphatic carboxylic acids is 1. The summed E-state index contributed by atoms with van der Waals surface area (Å²) >= 11 is 0. The first-order chi connectivity index (χ1) is 8.56. The van der Waals surface area contributed by atoms with Crippen LogP contribution in [0, 0.1) is 12.7 Å². The largest absolute Gasteiger partial charge is 0.481 e. The van der Waals surface area contributed by atoms with Crippen LogP contribution in [-0.2, 0) is 11.2 Å². The van der Waals surface area contributed by atoms with Crippen LogP contribution in [0.1, 0.15) is 11.3 Å². The third-order valence-corrected chi connectivity index (χ3v) is 2.68. The van der Waals surface area contributed by atoms with Gasteiger partial charge in [0.2, 0.25) is 0 Å². The van der Waals surface area contributed by atoms with Gasteiger partial charge in [0.05, 0.1) is 12.1 Å². The molecule has 0 aliphatic carbocycles. The number of aromatic nitrogens is 1. The summed E-state index contributed by atoms with van der Waals surface area (Å²) in [6.07, 6.45) is 1.52. The summed E-state index contributed by atoms with van der Waals surface area (Å²) in [5, 5.41) is 8.73. The average Bonchev–Trinajstić information content (AvgIpc) is 2.32. The first-order valence-corrected chi connectivity index (χ1v) is 5.49. The predicted molar refractivity (Wildman–Crippen MR) is 65.7 cm³/mol. The lowest BCUT2D eigenvalue weighted by atomic mass is 10.0. The topological polar surface area (TPSA) is 50.2 Å². The van der Waals surface area contributed by atoms with Gasteiger partial charge in [-0.3, -0.25) is 9.78 Å². The van der Waals surface area contributed by atoms with E-state index in [0.717, 1.165) is 16.7 Å². The van der Waals surface area contributed by atoms with Crippen molar-refractivity contribution in [3.05, 3.63) is 53.6 Å². The Morgan fingerprint density at radius 3 is 2.50 bits per heavy atom. The lowest BCUT2D eigenvalue weighted by Gasteiger charge is -2.06. The van der Waals surface area contributed by atoms with E-state index in [4.69, 9.17) is 5.11 Å². The maximum absolute atomic E-state index is 12.8. The number of carboxylic acids is 1. The molecule has 18 heavy (non-hydrogen) atoms. The second-order valence-electron chi connectivity index (χ2n) is 4.06. The van der Waals surface area contributed by atoms with Crippen molar-refractivity contribution < 1.29 is 14.3 Å². The highest BCUT2D eigenvalue weighted by Crippen LogP contribution is 2.21. The minimum absolute atomic E-state index is 0.0878. The molecule has 0 fully saturated rings. The third kappa shape index (κ3) is 2.71. The van der Waals surface area contributed by atoms with E-state index in [1.165, 1.54) is 12.1 Å². The number of rotatable bonds is 3. The standard InChI is InChI=1S/C14H12FNO2/c1-9-6-11(8-16-13(9)7-14(17)18)10-2-4-12(15)5-3-10/h2-6,8H,7H2,1H3,(H,17,18). The van der Waals surface area contributed by atoms with Crippen molar-refractivity contribution in [1.82, 2.24) is 4.98 Å². The van der Waals surface area contributed by atoms with Gasteiger partial charge in [-0.2, -0.15) is 0 Å². The molecule has 1 heterocycles. The van der Waals surface area contributed by atoms with Crippen molar-refractivity contribution in [3.63, 3.8) is 0 Å². The van der Waals surface area contributed by atoms with E-state index in [9.17, 15) is 9.18 Å². The van der Waals surface area contributed by atoms with Crippen molar-refractivity contribution in [2.45, 2.75) is 13.3 Å². The van der Waals surface area contributed by atoms with Gasteiger partial charge < -0.3 is 5.11 Å². The van der Waals surface area contributed by atoms with Gasteiger partial charge in [0, 0.05) is 11.8 Å². The lowest BCUT2D eigenvalue weighted by Crippen LogP contribution is -2.04. The van der Waals surface area contributed by atoms with E-state index in [1.54, 1.807) is 18.3 Å². The van der Waals surface area contributed by atoms with Crippen molar-refractivity contribution in [2.24, 2.45) is 0 Å². The number of hydrogen-bond acceptors (Lipinski definition) is 2. The van der Waals surface area contributed by atoms with E-state index in [0.29, 0.717) is 5.69 Å². The second kappa shape index (κ2) is 4.96. The minimum Gasteiger partial charge on any atom is -0.481 e. The molecule has 3 nitrogen and oxygen atoms in total. The molecule has 92 valence electrons. The van der Waals surface area contributed by atoms with Crippen molar-refractivity contribution >= 4 is 5.97 Å². The Morgan fingerprint density at radius 1 is 1.28 bits per heavy atom. The Balaban J connectivity index is 2.33. The summed E-state index contributed by atoms with van der Waals surface area (Å²) in [7, 11) is 0. The monoisotopic (exact) mass is 245 g/mol. The van der Waals surface area contributed by atoms with Gasteiger partial charge >= 0.3 is 5.97 Å². The molecule has 0 aliphatic rings. The van der Waals surface area contributed by atoms with Crippen LogP contribution in [0.5, 0.6) is 0 Å². The van der Waals surface area contributed by atoms with E-state index in [-0.39, 0.29) is 12.2 Å². The zero-order chi connectivity index (χ0) is 13.1. The number of carbonyl (C=O) groups is 1. The smallest absolute Gasteiger partial charge is 0.309 e. The fourth-order valence-corrected chi connectivity index (χ4v) is 1.73. The van der Waals surface area contributed by atoms with E-state index >= 15 is 0 Å². The van der Waals surface area contributed by atoms with Crippen LogP contribution in [0.25, 0.3) is 11.1 Å². The molecular formula is C14H12FNO2. The highest BCUT2D eigenvalue weighted by atomic mass is 19.1. The van der Waals surface area contributed by atoms with Crippen molar-refractivity contribution in [1.29, 1.82) is 0 Å². The van der Waals surface area contributed by atoms with Crippen LogP contribution >= 0.6 is 0 Å². The summed E-state index contributed by atoms with van der Waals surface area (Å²) in [5.74, 6) is -1.19. The Labute approximate surface area is 104 Å². The Morgan fingerprint density at radius 2 is 1.94 bits per heavy atom. The van der Waals surface area contributed by atoms with Crippen LogP contribution in [0.4, 0.5) is 4.39 Å².